The number of hydrogen-bond acceptors (Lipinski definition) is 12. The number of Topliss-reactive ketones (excluding diaryl/α,β-unsaturated/α-hetero) is 1. The Hall–Kier alpha value is -1.52. The maximum atomic E-state index is 14.4. The number of methoxy groups -OCH3 is 1. The Kier molecular flexibility index (Phi) is 14.5. The minimum atomic E-state index is -1.21. The number of aliphatic carboxylic acids is 1. The molecule has 54 heavy (non-hydrogen) atoms. The van der Waals surface area contributed by atoms with Crippen LogP contribution in [0.15, 0.2) is 12.2 Å². The highest BCUT2D eigenvalue weighted by Crippen LogP contribution is 2.52. The van der Waals surface area contributed by atoms with Gasteiger partial charge in [0.25, 0.3) is 0 Å². The van der Waals surface area contributed by atoms with Gasteiger partial charge in [-0.1, -0.05) is 41.5 Å². The molecule has 4 saturated heterocycles. The van der Waals surface area contributed by atoms with Crippen LogP contribution in [0.1, 0.15) is 119 Å². The molecule has 310 valence electrons. The van der Waals surface area contributed by atoms with Gasteiger partial charge in [0.2, 0.25) is 5.79 Å². The third kappa shape index (κ3) is 8.66. The number of rotatable bonds is 15. The van der Waals surface area contributed by atoms with Crippen molar-refractivity contribution in [3.05, 3.63) is 12.2 Å². The Morgan fingerprint density at radius 2 is 1.65 bits per heavy atom. The second-order valence-corrected chi connectivity index (χ2v) is 17.0. The molecule has 0 aromatic rings. The molecule has 0 saturated carbocycles. The van der Waals surface area contributed by atoms with Gasteiger partial charge < -0.3 is 54.2 Å². The van der Waals surface area contributed by atoms with Gasteiger partial charge in [-0.15, -0.1) is 0 Å². The first-order chi connectivity index (χ1) is 25.6. The highest BCUT2D eigenvalue weighted by molar-refractivity contribution is 5.84. The molecule has 5 aliphatic rings. The van der Waals surface area contributed by atoms with Gasteiger partial charge in [0.1, 0.15) is 18.7 Å². The quantitative estimate of drug-likeness (QED) is 0.131. The molecule has 5 rings (SSSR count). The highest BCUT2D eigenvalue weighted by atomic mass is 16.8. The SMILES string of the molecule is CC[C@@H](C(=O)[C@@H](C)[C@@H](O)[C@H](N)[C@H]1CCC[C@H]([C@@H](CC)C(=O)O)O1)[C@H]1O[C@]2(C=C[C@@H](OCOC)[C@]3(CCC([C@H]4CC[C@](O)(CC)[C@H](C)O4)O3)O2)[C@H](C)C[C@@H]1C. The van der Waals surface area contributed by atoms with E-state index in [1.54, 1.807) is 14.0 Å². The van der Waals surface area contributed by atoms with E-state index in [-0.39, 0.29) is 42.7 Å². The number of aliphatic hydroxyl groups is 2. The molecule has 13 heteroatoms. The van der Waals surface area contributed by atoms with Gasteiger partial charge in [-0.05, 0) is 89.2 Å². The number of hydrogen-bond donors (Lipinski definition) is 4. The first kappa shape index (κ1) is 43.6. The van der Waals surface area contributed by atoms with Gasteiger partial charge >= 0.3 is 5.97 Å². The van der Waals surface area contributed by atoms with Gasteiger partial charge in [-0.2, -0.15) is 0 Å². The first-order valence-electron chi connectivity index (χ1n) is 20.7. The van der Waals surface area contributed by atoms with Crippen molar-refractivity contribution in [3.8, 4) is 0 Å². The molecule has 0 amide bonds. The summed E-state index contributed by atoms with van der Waals surface area (Å²) in [6, 6.07) is -0.862. The van der Waals surface area contributed by atoms with Crippen molar-refractivity contribution in [1.29, 1.82) is 0 Å². The zero-order valence-corrected chi connectivity index (χ0v) is 33.8. The predicted octanol–water partition coefficient (Wildman–Crippen LogP) is 4.87. The lowest BCUT2D eigenvalue weighted by atomic mass is 9.73. The second kappa shape index (κ2) is 18.0. The molecule has 0 aliphatic carbocycles. The molecule has 13 nitrogen and oxygen atoms in total. The summed E-state index contributed by atoms with van der Waals surface area (Å²) in [5.41, 5.74) is 5.74. The number of carbonyl (C=O) groups is 2. The molecule has 17 atom stereocenters. The highest BCUT2D eigenvalue weighted by Gasteiger charge is 2.61. The summed E-state index contributed by atoms with van der Waals surface area (Å²) in [4.78, 5) is 26.2. The Morgan fingerprint density at radius 3 is 2.28 bits per heavy atom. The molecule has 0 radical (unpaired) electrons. The van der Waals surface area contributed by atoms with Crippen LogP contribution in [0.3, 0.4) is 0 Å². The maximum Gasteiger partial charge on any atom is 0.309 e. The summed E-state index contributed by atoms with van der Waals surface area (Å²) in [5.74, 6) is -5.56. The molecule has 0 aromatic carbocycles. The monoisotopic (exact) mass is 767 g/mol. The Bertz CT molecular complexity index is 1300. The van der Waals surface area contributed by atoms with Gasteiger partial charge in [0.15, 0.2) is 5.79 Å². The fourth-order valence-electron chi connectivity index (χ4n) is 9.93. The molecule has 0 aromatic heterocycles. The van der Waals surface area contributed by atoms with E-state index in [9.17, 15) is 24.9 Å². The minimum absolute atomic E-state index is 0.00377. The Morgan fingerprint density at radius 1 is 0.963 bits per heavy atom. The summed E-state index contributed by atoms with van der Waals surface area (Å²) in [6.45, 7) is 13.6. The van der Waals surface area contributed by atoms with Crippen molar-refractivity contribution in [2.24, 2.45) is 35.3 Å². The standard InChI is InChI=1S/C41H69NO12/c1-9-27(38(45)46)29-13-12-14-32(51-29)34(42)36(44)25(6)35(43)28(10-2)37-23(4)21-24(5)40(53-37)20-17-33(49-22-48-8)41(54-40)19-16-31(52-41)30-15-18-39(47,11-3)26(7)50-30/h17,20,23-34,36-37,44,47H,9-16,18-19,21-22,42H2,1-8H3,(H,45,46)/t23-,24+,25+,26-,27+,28-,29+,30+,31?,32+,33+,34+,36+,37-,39+,40-,41-/m0/s1. The largest absolute Gasteiger partial charge is 0.481 e. The average molecular weight is 768 g/mol. The van der Waals surface area contributed by atoms with E-state index in [2.05, 4.69) is 13.8 Å². The number of carboxylic acids is 1. The van der Waals surface area contributed by atoms with E-state index >= 15 is 0 Å². The van der Waals surface area contributed by atoms with Crippen LogP contribution in [0.2, 0.25) is 0 Å². The first-order valence-corrected chi connectivity index (χ1v) is 20.7. The fourth-order valence-corrected chi connectivity index (χ4v) is 9.93. The van der Waals surface area contributed by atoms with E-state index < -0.39 is 77.5 Å². The number of ketones is 1. The summed E-state index contributed by atoms with van der Waals surface area (Å²) in [6.07, 6.45) is 6.34. The lowest BCUT2D eigenvalue weighted by molar-refractivity contribution is -0.406. The van der Waals surface area contributed by atoms with Gasteiger partial charge in [-0.3, -0.25) is 9.59 Å². The molecular formula is C41H69NO12. The van der Waals surface area contributed by atoms with Crippen LogP contribution in [-0.4, -0.2) is 113 Å². The number of carboxylic acid groups (broad SMARTS) is 1. The Balaban J connectivity index is 1.32. The van der Waals surface area contributed by atoms with Crippen molar-refractivity contribution in [2.75, 3.05) is 13.9 Å². The molecule has 5 N–H and O–H groups in total. The second-order valence-electron chi connectivity index (χ2n) is 17.0. The van der Waals surface area contributed by atoms with E-state index in [4.69, 9.17) is 38.9 Å². The number of nitrogens with two attached hydrogens (primary N) is 1. The smallest absolute Gasteiger partial charge is 0.309 e. The summed E-state index contributed by atoms with van der Waals surface area (Å²) in [5, 5.41) is 32.3. The van der Waals surface area contributed by atoms with Gasteiger partial charge in [0, 0.05) is 31.3 Å². The zero-order chi connectivity index (χ0) is 39.6. The summed E-state index contributed by atoms with van der Waals surface area (Å²) in [7, 11) is 1.57. The van der Waals surface area contributed by atoms with Crippen molar-refractivity contribution in [1.82, 2.24) is 0 Å². The van der Waals surface area contributed by atoms with E-state index in [1.807, 2.05) is 39.8 Å². The number of ether oxygens (including phenoxy) is 7. The van der Waals surface area contributed by atoms with Crippen LogP contribution < -0.4 is 5.73 Å². The van der Waals surface area contributed by atoms with Crippen molar-refractivity contribution in [2.45, 2.75) is 191 Å². The average Bonchev–Trinajstić information content (AvgIpc) is 3.57. The zero-order valence-electron chi connectivity index (χ0n) is 33.8. The number of aliphatic hydroxyl groups excluding tert-OH is 1. The Labute approximate surface area is 321 Å². The van der Waals surface area contributed by atoms with E-state index in [1.165, 1.54) is 0 Å². The molecule has 2 spiro atoms. The van der Waals surface area contributed by atoms with Crippen LogP contribution in [0.5, 0.6) is 0 Å². The lowest BCUT2D eigenvalue weighted by Crippen LogP contribution is -2.62. The third-order valence-electron chi connectivity index (χ3n) is 13.6. The van der Waals surface area contributed by atoms with Crippen molar-refractivity contribution in [3.63, 3.8) is 0 Å². The molecular weight excluding hydrogens is 698 g/mol. The van der Waals surface area contributed by atoms with Crippen LogP contribution >= 0.6 is 0 Å². The third-order valence-corrected chi connectivity index (χ3v) is 13.6. The topological polar surface area (TPSA) is 185 Å². The fraction of sp³-hybridized carbons (Fsp3) is 0.902. The van der Waals surface area contributed by atoms with Crippen molar-refractivity contribution >= 4 is 11.8 Å². The van der Waals surface area contributed by atoms with Crippen LogP contribution in [-0.2, 0) is 42.7 Å². The van der Waals surface area contributed by atoms with E-state index in [0.717, 1.165) is 12.8 Å². The van der Waals surface area contributed by atoms with Crippen molar-refractivity contribution < 1.29 is 58.1 Å². The molecule has 4 fully saturated rings. The normalized spacial score (nSPS) is 42.8. The number of carbonyl (C=O) groups excluding carboxylic acids is 1. The van der Waals surface area contributed by atoms with Gasteiger partial charge in [0.05, 0.1) is 60.3 Å². The minimum Gasteiger partial charge on any atom is -0.481 e. The lowest BCUT2D eigenvalue weighted by Gasteiger charge is -2.54. The molecule has 0 bridgehead atoms. The molecule has 5 heterocycles. The molecule has 1 unspecified atom stereocenters. The van der Waals surface area contributed by atoms with E-state index in [0.29, 0.717) is 57.8 Å². The summed E-state index contributed by atoms with van der Waals surface area (Å²) >= 11 is 0. The maximum absolute atomic E-state index is 14.4. The predicted molar refractivity (Wildman–Crippen MR) is 199 cm³/mol. The summed E-state index contributed by atoms with van der Waals surface area (Å²) < 4.78 is 44.9. The van der Waals surface area contributed by atoms with Crippen LogP contribution in [0.4, 0.5) is 0 Å². The van der Waals surface area contributed by atoms with Gasteiger partial charge in [-0.25, -0.2) is 0 Å². The van der Waals surface area contributed by atoms with Crippen LogP contribution in [0, 0.1) is 29.6 Å². The van der Waals surface area contributed by atoms with Crippen LogP contribution in [0.25, 0.3) is 0 Å². The molecule has 5 aliphatic heterocycles.